The molecule has 0 radical (unpaired) electrons. The fourth-order valence-electron chi connectivity index (χ4n) is 2.95. The smallest absolute Gasteiger partial charge is 0.225 e. The number of benzene rings is 1. The number of hydrogen-bond acceptors (Lipinski definition) is 4. The lowest BCUT2D eigenvalue weighted by Gasteiger charge is -2.37. The molecule has 2 heterocycles. The molecule has 0 atom stereocenters. The highest BCUT2D eigenvalue weighted by Gasteiger charge is 2.39. The molecule has 0 aliphatic carbocycles. The number of hydrogen-bond donors (Lipinski definition) is 1. The number of piperidine rings is 1. The van der Waals surface area contributed by atoms with Gasteiger partial charge in [-0.05, 0) is 18.2 Å². The van der Waals surface area contributed by atoms with Gasteiger partial charge in [-0.15, -0.1) is 0 Å². The zero-order chi connectivity index (χ0) is 15.4. The van der Waals surface area contributed by atoms with Gasteiger partial charge in [0.1, 0.15) is 0 Å². The van der Waals surface area contributed by atoms with Gasteiger partial charge in [0.25, 0.3) is 0 Å². The van der Waals surface area contributed by atoms with Gasteiger partial charge >= 0.3 is 0 Å². The Morgan fingerprint density at radius 1 is 1.27 bits per heavy atom. The summed E-state index contributed by atoms with van der Waals surface area (Å²) in [6, 6.07) is 7.19. The Morgan fingerprint density at radius 2 is 2.00 bits per heavy atom. The van der Waals surface area contributed by atoms with E-state index in [0.29, 0.717) is 24.7 Å². The van der Waals surface area contributed by atoms with E-state index in [-0.39, 0.29) is 11.7 Å². The van der Waals surface area contributed by atoms with Crippen LogP contribution >= 0.6 is 11.6 Å². The summed E-state index contributed by atoms with van der Waals surface area (Å²) in [6.07, 6.45) is 2.23. The molecular weight excluding hydrogens is 304 g/mol. The maximum absolute atomic E-state index is 12.0. The van der Waals surface area contributed by atoms with E-state index in [9.17, 15) is 4.79 Å². The fourth-order valence-corrected chi connectivity index (χ4v) is 3.14. The molecule has 2 fully saturated rings. The molecule has 120 valence electrons. The fraction of sp³-hybridized carbons (Fsp3) is 0.562. The van der Waals surface area contributed by atoms with Crippen molar-refractivity contribution in [2.24, 2.45) is 0 Å². The van der Waals surface area contributed by atoms with Gasteiger partial charge in [0.05, 0.1) is 13.2 Å². The number of nitrogens with zero attached hydrogens (tertiary/aromatic N) is 1. The number of nitrogens with one attached hydrogen (secondary N) is 1. The molecule has 0 saturated carbocycles. The van der Waals surface area contributed by atoms with Crippen molar-refractivity contribution in [3.63, 3.8) is 0 Å². The monoisotopic (exact) mass is 324 g/mol. The average molecular weight is 325 g/mol. The SMILES string of the molecule is O=C(CCN1CCC2(CC1)OCCO2)Nc1cccc(Cl)c1. The predicted octanol–water partition coefficient (Wildman–Crippen LogP) is 2.51. The van der Waals surface area contributed by atoms with Crippen LogP contribution in [0.3, 0.4) is 0 Å². The van der Waals surface area contributed by atoms with Gasteiger partial charge in [-0.3, -0.25) is 4.79 Å². The third-order valence-corrected chi connectivity index (χ3v) is 4.43. The number of likely N-dealkylation sites (tertiary alicyclic amines) is 1. The number of ether oxygens (including phenoxy) is 2. The average Bonchev–Trinajstić information content (AvgIpc) is 2.95. The number of halogens is 1. The second kappa shape index (κ2) is 6.96. The van der Waals surface area contributed by atoms with E-state index >= 15 is 0 Å². The Morgan fingerprint density at radius 3 is 2.68 bits per heavy atom. The van der Waals surface area contributed by atoms with Crippen LogP contribution in [-0.4, -0.2) is 49.4 Å². The Labute approximate surface area is 135 Å². The highest BCUT2D eigenvalue weighted by atomic mass is 35.5. The van der Waals surface area contributed by atoms with Crippen LogP contribution in [0.2, 0.25) is 5.02 Å². The van der Waals surface area contributed by atoms with Crippen LogP contribution in [0.1, 0.15) is 19.3 Å². The third-order valence-electron chi connectivity index (χ3n) is 4.19. The number of anilines is 1. The lowest BCUT2D eigenvalue weighted by molar-refractivity contribution is -0.185. The summed E-state index contributed by atoms with van der Waals surface area (Å²) in [6.45, 7) is 3.96. The minimum absolute atomic E-state index is 0.0101. The van der Waals surface area contributed by atoms with Gasteiger partial charge in [0.2, 0.25) is 5.91 Å². The molecule has 0 unspecified atom stereocenters. The van der Waals surface area contributed by atoms with Gasteiger partial charge in [-0.2, -0.15) is 0 Å². The largest absolute Gasteiger partial charge is 0.347 e. The van der Waals surface area contributed by atoms with E-state index in [4.69, 9.17) is 21.1 Å². The summed E-state index contributed by atoms with van der Waals surface area (Å²) in [5, 5.41) is 3.49. The van der Waals surface area contributed by atoms with E-state index in [2.05, 4.69) is 10.2 Å². The second-order valence-corrected chi connectivity index (χ2v) is 6.19. The molecule has 1 aromatic rings. The van der Waals surface area contributed by atoms with Crippen LogP contribution in [-0.2, 0) is 14.3 Å². The molecule has 22 heavy (non-hydrogen) atoms. The molecule has 1 spiro atoms. The molecule has 5 nitrogen and oxygen atoms in total. The van der Waals surface area contributed by atoms with Crippen molar-refractivity contribution >= 4 is 23.2 Å². The van der Waals surface area contributed by atoms with Crippen molar-refractivity contribution in [1.82, 2.24) is 4.90 Å². The molecular formula is C16H21ClN2O3. The third kappa shape index (κ3) is 3.98. The molecule has 6 heteroatoms. The van der Waals surface area contributed by atoms with E-state index in [1.165, 1.54) is 0 Å². The van der Waals surface area contributed by atoms with Crippen molar-refractivity contribution in [3.05, 3.63) is 29.3 Å². The van der Waals surface area contributed by atoms with Crippen LogP contribution in [0.4, 0.5) is 5.69 Å². The van der Waals surface area contributed by atoms with Gasteiger partial charge in [0, 0.05) is 49.6 Å². The standard InChI is InChI=1S/C16H21ClN2O3/c17-13-2-1-3-14(12-13)18-15(20)4-7-19-8-5-16(6-9-19)21-10-11-22-16/h1-3,12H,4-11H2,(H,18,20). The summed E-state index contributed by atoms with van der Waals surface area (Å²) < 4.78 is 11.4. The van der Waals surface area contributed by atoms with Gasteiger partial charge in [-0.25, -0.2) is 0 Å². The summed E-state index contributed by atoms with van der Waals surface area (Å²) >= 11 is 5.90. The molecule has 1 amide bonds. The Bertz CT molecular complexity index is 522. The van der Waals surface area contributed by atoms with Crippen LogP contribution in [0.15, 0.2) is 24.3 Å². The molecule has 0 aromatic heterocycles. The van der Waals surface area contributed by atoms with Crippen LogP contribution in [0, 0.1) is 0 Å². The first-order valence-corrected chi connectivity index (χ1v) is 8.09. The van der Waals surface area contributed by atoms with Crippen LogP contribution in [0.25, 0.3) is 0 Å². The first-order chi connectivity index (χ1) is 10.7. The van der Waals surface area contributed by atoms with E-state index in [1.807, 2.05) is 12.1 Å². The highest BCUT2D eigenvalue weighted by Crippen LogP contribution is 2.31. The Balaban J connectivity index is 1.40. The Kier molecular flexibility index (Phi) is 4.98. The van der Waals surface area contributed by atoms with Crippen LogP contribution in [0.5, 0.6) is 0 Å². The van der Waals surface area contributed by atoms with Crippen molar-refractivity contribution in [3.8, 4) is 0 Å². The van der Waals surface area contributed by atoms with Crippen molar-refractivity contribution in [2.75, 3.05) is 38.2 Å². The summed E-state index contributed by atoms with van der Waals surface area (Å²) in [5.74, 6) is -0.338. The number of amides is 1. The molecule has 2 aliphatic heterocycles. The van der Waals surface area contributed by atoms with Crippen molar-refractivity contribution < 1.29 is 14.3 Å². The van der Waals surface area contributed by atoms with Crippen LogP contribution < -0.4 is 5.32 Å². The van der Waals surface area contributed by atoms with E-state index in [1.54, 1.807) is 12.1 Å². The van der Waals surface area contributed by atoms with Crippen molar-refractivity contribution in [2.45, 2.75) is 25.0 Å². The second-order valence-electron chi connectivity index (χ2n) is 5.76. The number of carbonyl (C=O) groups is 1. The molecule has 3 rings (SSSR count). The lowest BCUT2D eigenvalue weighted by Crippen LogP contribution is -2.45. The maximum atomic E-state index is 12.0. The molecule has 0 bridgehead atoms. The quantitative estimate of drug-likeness (QED) is 0.924. The van der Waals surface area contributed by atoms with E-state index < -0.39 is 0 Å². The normalized spacial score (nSPS) is 21.1. The minimum atomic E-state index is -0.348. The first kappa shape index (κ1) is 15.7. The van der Waals surface area contributed by atoms with Gasteiger partial charge in [0.15, 0.2) is 5.79 Å². The minimum Gasteiger partial charge on any atom is -0.347 e. The van der Waals surface area contributed by atoms with Crippen molar-refractivity contribution in [1.29, 1.82) is 0 Å². The van der Waals surface area contributed by atoms with E-state index in [0.717, 1.165) is 38.2 Å². The predicted molar refractivity (Wildman–Crippen MR) is 85.0 cm³/mol. The highest BCUT2D eigenvalue weighted by molar-refractivity contribution is 6.30. The van der Waals surface area contributed by atoms with Gasteiger partial charge < -0.3 is 19.7 Å². The van der Waals surface area contributed by atoms with Gasteiger partial charge in [-0.1, -0.05) is 17.7 Å². The first-order valence-electron chi connectivity index (χ1n) is 7.71. The zero-order valence-corrected chi connectivity index (χ0v) is 13.3. The molecule has 2 aliphatic rings. The molecule has 2 saturated heterocycles. The number of carbonyl (C=O) groups excluding carboxylic acids is 1. The summed E-state index contributed by atoms with van der Waals surface area (Å²) in [5.41, 5.74) is 0.739. The lowest BCUT2D eigenvalue weighted by atomic mass is 10.0. The zero-order valence-electron chi connectivity index (χ0n) is 12.5. The molecule has 1 aromatic carbocycles. The Hall–Kier alpha value is -1.14. The topological polar surface area (TPSA) is 50.8 Å². The summed E-state index contributed by atoms with van der Waals surface area (Å²) in [7, 11) is 0. The molecule has 1 N–H and O–H groups in total. The number of rotatable bonds is 4. The summed E-state index contributed by atoms with van der Waals surface area (Å²) in [4.78, 5) is 14.3. The maximum Gasteiger partial charge on any atom is 0.225 e.